The predicted octanol–water partition coefficient (Wildman–Crippen LogP) is 2.61. The molecule has 0 aliphatic rings. The number of nitrogens with one attached hydrogen (secondary N) is 1. The number of anilines is 1. The minimum atomic E-state index is -0.584. The topological polar surface area (TPSA) is 77.5 Å². The maximum absolute atomic E-state index is 11.7. The maximum atomic E-state index is 11.7. The van der Waals surface area contributed by atoms with Gasteiger partial charge in [0.15, 0.2) is 0 Å². The Morgan fingerprint density at radius 3 is 2.65 bits per heavy atom. The summed E-state index contributed by atoms with van der Waals surface area (Å²) in [5.41, 5.74) is 0.484. The van der Waals surface area contributed by atoms with E-state index in [4.69, 9.17) is 4.74 Å². The van der Waals surface area contributed by atoms with Crippen molar-refractivity contribution in [1.29, 1.82) is 0 Å². The zero-order valence-electron chi connectivity index (χ0n) is 12.0. The van der Waals surface area contributed by atoms with Gasteiger partial charge in [-0.15, -0.1) is 0 Å². The lowest BCUT2D eigenvalue weighted by Crippen LogP contribution is -2.27. The van der Waals surface area contributed by atoms with E-state index in [2.05, 4.69) is 15.0 Å². The second-order valence-corrected chi connectivity index (χ2v) is 4.95. The molecule has 1 rings (SSSR count). The van der Waals surface area contributed by atoms with E-state index in [9.17, 15) is 9.59 Å². The van der Waals surface area contributed by atoms with Crippen LogP contribution in [0.3, 0.4) is 0 Å². The van der Waals surface area contributed by atoms with Gasteiger partial charge in [0.1, 0.15) is 5.60 Å². The number of aromatic nitrogens is 1. The standard InChI is InChI=1S/C14H18N2O4/c1-14(2,3)20-13(18)16-11-7-8-15-9-10(11)5-6-12(17)19-4/h5-9H,1-4H3,(H,15,16,18)/b6-5+. The van der Waals surface area contributed by atoms with Crippen LogP contribution in [0.1, 0.15) is 26.3 Å². The van der Waals surface area contributed by atoms with Crippen LogP contribution in [0.25, 0.3) is 6.08 Å². The Morgan fingerprint density at radius 2 is 2.05 bits per heavy atom. The van der Waals surface area contributed by atoms with Crippen molar-refractivity contribution in [2.75, 3.05) is 12.4 Å². The van der Waals surface area contributed by atoms with E-state index in [0.717, 1.165) is 0 Å². The van der Waals surface area contributed by atoms with Crippen LogP contribution in [-0.4, -0.2) is 29.8 Å². The van der Waals surface area contributed by atoms with Crippen molar-refractivity contribution in [3.05, 3.63) is 30.1 Å². The van der Waals surface area contributed by atoms with Gasteiger partial charge < -0.3 is 9.47 Å². The summed E-state index contributed by atoms with van der Waals surface area (Å²) in [5, 5.41) is 2.60. The lowest BCUT2D eigenvalue weighted by atomic mass is 10.2. The molecule has 6 heteroatoms. The van der Waals surface area contributed by atoms with Crippen molar-refractivity contribution in [3.63, 3.8) is 0 Å². The Balaban J connectivity index is 2.83. The third-order valence-corrected chi connectivity index (χ3v) is 2.09. The van der Waals surface area contributed by atoms with Gasteiger partial charge in [-0.05, 0) is 32.9 Å². The SMILES string of the molecule is COC(=O)/C=C/c1cnccc1NC(=O)OC(C)(C)C. The van der Waals surface area contributed by atoms with E-state index >= 15 is 0 Å². The normalized spacial score (nSPS) is 11.2. The van der Waals surface area contributed by atoms with E-state index in [1.54, 1.807) is 26.8 Å². The monoisotopic (exact) mass is 278 g/mol. The number of carbonyl (C=O) groups is 2. The molecule has 20 heavy (non-hydrogen) atoms. The van der Waals surface area contributed by atoms with Gasteiger partial charge in [0, 0.05) is 24.0 Å². The molecule has 0 aliphatic carbocycles. The van der Waals surface area contributed by atoms with Crippen LogP contribution in [0, 0.1) is 0 Å². The van der Waals surface area contributed by atoms with Crippen molar-refractivity contribution in [2.45, 2.75) is 26.4 Å². The number of pyridine rings is 1. The van der Waals surface area contributed by atoms with Crippen LogP contribution in [-0.2, 0) is 14.3 Å². The first-order chi connectivity index (χ1) is 9.31. The van der Waals surface area contributed by atoms with Crippen molar-refractivity contribution in [2.24, 2.45) is 0 Å². The fourth-order valence-corrected chi connectivity index (χ4v) is 1.29. The Kier molecular flexibility index (Phi) is 5.25. The zero-order valence-corrected chi connectivity index (χ0v) is 12.0. The molecule has 1 heterocycles. The van der Waals surface area contributed by atoms with Gasteiger partial charge >= 0.3 is 12.1 Å². The Bertz CT molecular complexity index is 518. The molecule has 0 radical (unpaired) electrons. The zero-order chi connectivity index (χ0) is 15.2. The van der Waals surface area contributed by atoms with Crippen molar-refractivity contribution >= 4 is 23.8 Å². The smallest absolute Gasteiger partial charge is 0.412 e. The number of carbonyl (C=O) groups excluding carboxylic acids is 2. The summed E-state index contributed by atoms with van der Waals surface area (Å²) in [5.74, 6) is -0.489. The highest BCUT2D eigenvalue weighted by molar-refractivity contribution is 5.91. The van der Waals surface area contributed by atoms with Gasteiger partial charge in [0.05, 0.1) is 12.8 Å². The summed E-state index contributed by atoms with van der Waals surface area (Å²) >= 11 is 0. The molecule has 1 aromatic rings. The van der Waals surface area contributed by atoms with Crippen molar-refractivity contribution in [1.82, 2.24) is 4.98 Å². The number of esters is 1. The third-order valence-electron chi connectivity index (χ3n) is 2.09. The van der Waals surface area contributed by atoms with Gasteiger partial charge in [0.25, 0.3) is 0 Å². The number of methoxy groups -OCH3 is 1. The molecule has 0 aromatic carbocycles. The number of hydrogen-bond donors (Lipinski definition) is 1. The largest absolute Gasteiger partial charge is 0.466 e. The molecule has 6 nitrogen and oxygen atoms in total. The van der Waals surface area contributed by atoms with Crippen molar-refractivity contribution < 1.29 is 19.1 Å². The quantitative estimate of drug-likeness (QED) is 0.679. The molecular formula is C14H18N2O4. The summed E-state index contributed by atoms with van der Waals surface area (Å²) < 4.78 is 9.66. The molecule has 1 aromatic heterocycles. The van der Waals surface area contributed by atoms with E-state index in [0.29, 0.717) is 11.3 Å². The Morgan fingerprint density at radius 1 is 1.35 bits per heavy atom. The highest BCUT2D eigenvalue weighted by atomic mass is 16.6. The summed E-state index contributed by atoms with van der Waals surface area (Å²) in [7, 11) is 1.29. The van der Waals surface area contributed by atoms with E-state index in [1.165, 1.54) is 31.7 Å². The minimum absolute atomic E-state index is 0.489. The molecule has 0 spiro atoms. The number of hydrogen-bond acceptors (Lipinski definition) is 5. The Hall–Kier alpha value is -2.37. The minimum Gasteiger partial charge on any atom is -0.466 e. The molecule has 1 amide bonds. The van der Waals surface area contributed by atoms with E-state index in [-0.39, 0.29) is 0 Å². The van der Waals surface area contributed by atoms with Crippen LogP contribution in [0.2, 0.25) is 0 Å². The molecule has 0 bridgehead atoms. The average Bonchev–Trinajstić information content (AvgIpc) is 2.35. The molecule has 1 N–H and O–H groups in total. The number of ether oxygens (including phenoxy) is 2. The van der Waals surface area contributed by atoms with Crippen LogP contribution in [0.4, 0.5) is 10.5 Å². The molecule has 108 valence electrons. The summed E-state index contributed by atoms with van der Waals surface area (Å²) in [6.07, 6.45) is 5.23. The van der Waals surface area contributed by atoms with Crippen molar-refractivity contribution in [3.8, 4) is 0 Å². The first kappa shape index (κ1) is 15.7. The summed E-state index contributed by atoms with van der Waals surface area (Å²) in [4.78, 5) is 26.7. The lowest BCUT2D eigenvalue weighted by Gasteiger charge is -2.20. The second kappa shape index (κ2) is 6.70. The van der Waals surface area contributed by atoms with E-state index < -0.39 is 17.7 Å². The number of rotatable bonds is 3. The highest BCUT2D eigenvalue weighted by Gasteiger charge is 2.16. The van der Waals surface area contributed by atoms with Gasteiger partial charge in [-0.3, -0.25) is 10.3 Å². The van der Waals surface area contributed by atoms with Crippen LogP contribution in [0.15, 0.2) is 24.5 Å². The first-order valence-electron chi connectivity index (χ1n) is 6.02. The highest BCUT2D eigenvalue weighted by Crippen LogP contribution is 2.17. The first-order valence-corrected chi connectivity index (χ1v) is 6.02. The predicted molar refractivity (Wildman–Crippen MR) is 75.1 cm³/mol. The molecule has 0 atom stereocenters. The molecule has 0 saturated heterocycles. The fourth-order valence-electron chi connectivity index (χ4n) is 1.29. The van der Waals surface area contributed by atoms with Crippen LogP contribution in [0.5, 0.6) is 0 Å². The second-order valence-electron chi connectivity index (χ2n) is 4.95. The molecule has 0 fully saturated rings. The summed E-state index contributed by atoms with van der Waals surface area (Å²) in [6.45, 7) is 5.32. The number of nitrogens with zero attached hydrogens (tertiary/aromatic N) is 1. The Labute approximate surface area is 117 Å². The van der Waals surface area contributed by atoms with E-state index in [1.807, 2.05) is 0 Å². The molecule has 0 aliphatic heterocycles. The number of amides is 1. The van der Waals surface area contributed by atoms with Crippen LogP contribution >= 0.6 is 0 Å². The third kappa shape index (κ3) is 5.51. The molecule has 0 unspecified atom stereocenters. The summed E-state index contributed by atoms with van der Waals surface area (Å²) in [6, 6.07) is 1.61. The maximum Gasteiger partial charge on any atom is 0.412 e. The fraction of sp³-hybridized carbons (Fsp3) is 0.357. The molecule has 0 saturated carbocycles. The van der Waals surface area contributed by atoms with Gasteiger partial charge in [-0.2, -0.15) is 0 Å². The van der Waals surface area contributed by atoms with Gasteiger partial charge in [0.2, 0.25) is 0 Å². The van der Waals surface area contributed by atoms with Crippen LogP contribution < -0.4 is 5.32 Å². The lowest BCUT2D eigenvalue weighted by molar-refractivity contribution is -0.134. The van der Waals surface area contributed by atoms with Gasteiger partial charge in [-0.1, -0.05) is 0 Å². The average molecular weight is 278 g/mol. The van der Waals surface area contributed by atoms with Gasteiger partial charge in [-0.25, -0.2) is 9.59 Å². The molecular weight excluding hydrogens is 260 g/mol.